The third-order valence-corrected chi connectivity index (χ3v) is 17.3. The van der Waals surface area contributed by atoms with Crippen molar-refractivity contribution in [1.82, 2.24) is 56.0 Å². The molecule has 0 aromatic heterocycles. The minimum absolute atomic E-state index is 0.0168. The maximum atomic E-state index is 14.7. The van der Waals surface area contributed by atoms with Gasteiger partial charge in [-0.25, -0.2) is 4.79 Å². The zero-order chi connectivity index (χ0) is 70.7. The highest BCUT2D eigenvalue weighted by Gasteiger charge is 2.39. The zero-order valence-electron chi connectivity index (χ0n) is 57.2. The maximum Gasteiger partial charge on any atom is 0.410 e. The molecule has 1 aliphatic carbocycles. The first-order valence-electron chi connectivity index (χ1n) is 31.9. The second-order valence-electron chi connectivity index (χ2n) is 25.4. The molecule has 0 spiro atoms. The van der Waals surface area contributed by atoms with Gasteiger partial charge in [0.1, 0.15) is 61.0 Å². The maximum absolute atomic E-state index is 14.7. The fourth-order valence-electron chi connectivity index (χ4n) is 11.0. The Balaban J connectivity index is 1.20. The van der Waals surface area contributed by atoms with Gasteiger partial charge in [-0.2, -0.15) is 0 Å². The molecule has 0 aliphatic heterocycles. The van der Waals surface area contributed by atoms with Gasteiger partial charge >= 0.3 is 12.1 Å². The molecule has 95 heavy (non-hydrogen) atoms. The van der Waals surface area contributed by atoms with Gasteiger partial charge in [-0.05, 0) is 92.7 Å². The molecule has 4 aromatic rings. The summed E-state index contributed by atoms with van der Waals surface area (Å²) in [6.45, 7) is 13.3. The molecule has 0 radical (unpaired) electrons. The Morgan fingerprint density at radius 1 is 0.453 bits per heavy atom. The number of fused-ring (bicyclic) bond motifs is 3. The molecule has 25 heteroatoms. The summed E-state index contributed by atoms with van der Waals surface area (Å²) in [6.07, 6.45) is -0.445. The first kappa shape index (κ1) is 76.0. The number of hydrogen-bond donors (Lipinski definition) is 6. The highest BCUT2D eigenvalue weighted by Crippen LogP contribution is 2.44. The number of carbonyl (C=O) groups is 12. The predicted molar refractivity (Wildman–Crippen MR) is 356 cm³/mol. The van der Waals surface area contributed by atoms with E-state index in [1.807, 2.05) is 76.2 Å². The average Bonchev–Trinajstić information content (AvgIpc) is 1.63. The van der Waals surface area contributed by atoms with Gasteiger partial charge in [0.05, 0.1) is 13.1 Å². The number of ether oxygens (including phenoxy) is 1. The van der Waals surface area contributed by atoms with E-state index in [1.165, 1.54) is 81.8 Å². The lowest BCUT2D eigenvalue weighted by atomic mass is 9.98. The summed E-state index contributed by atoms with van der Waals surface area (Å²) < 4.78 is 5.78. The van der Waals surface area contributed by atoms with Crippen molar-refractivity contribution in [3.63, 3.8) is 0 Å². The molecule has 0 unspecified atom stereocenters. The topological polar surface area (TPSA) is 314 Å². The van der Waals surface area contributed by atoms with Crippen molar-refractivity contribution in [3.05, 3.63) is 131 Å². The second kappa shape index (κ2) is 35.0. The highest BCUT2D eigenvalue weighted by molar-refractivity contribution is 5.98. The first-order chi connectivity index (χ1) is 44.7. The lowest BCUT2D eigenvalue weighted by Crippen LogP contribution is -2.59. The Bertz CT molecular complexity index is 3340. The molecule has 1 aliphatic rings. The van der Waals surface area contributed by atoms with E-state index in [0.717, 1.165) is 46.8 Å². The van der Waals surface area contributed by atoms with Crippen LogP contribution in [-0.4, -0.2) is 222 Å². The average molecular weight is 1310 g/mol. The van der Waals surface area contributed by atoms with Crippen molar-refractivity contribution >= 4 is 71.1 Å². The summed E-state index contributed by atoms with van der Waals surface area (Å²) in [5.41, 5.74) is 5.52. The van der Waals surface area contributed by atoms with E-state index in [-0.39, 0.29) is 50.0 Å². The quantitative estimate of drug-likeness (QED) is 0.0405. The van der Waals surface area contributed by atoms with Crippen molar-refractivity contribution in [2.45, 2.75) is 148 Å². The molecule has 4 aromatic carbocycles. The number of amides is 11. The van der Waals surface area contributed by atoms with Crippen molar-refractivity contribution in [1.29, 1.82) is 0 Å². The number of carboxylic acid groups (broad SMARTS) is 1. The smallest absolute Gasteiger partial charge is 0.410 e. The summed E-state index contributed by atoms with van der Waals surface area (Å²) in [4.78, 5) is 171. The van der Waals surface area contributed by atoms with Gasteiger partial charge < -0.3 is 60.9 Å². The molecule has 0 heterocycles. The van der Waals surface area contributed by atoms with Crippen LogP contribution in [0.4, 0.5) is 4.79 Å². The third kappa shape index (κ3) is 20.7. The van der Waals surface area contributed by atoms with E-state index in [1.54, 1.807) is 60.7 Å². The Hall–Kier alpha value is -9.68. The second-order valence-corrected chi connectivity index (χ2v) is 25.4. The Kier molecular flexibility index (Phi) is 28.0. The van der Waals surface area contributed by atoms with E-state index in [4.69, 9.17) is 4.74 Å². The minimum atomic E-state index is -1.27. The lowest BCUT2D eigenvalue weighted by molar-refractivity contribution is -0.149. The Labute approximate surface area is 557 Å². The molecule has 25 nitrogen and oxygen atoms in total. The number of nitrogens with one attached hydrogen (secondary N) is 5. The third-order valence-electron chi connectivity index (χ3n) is 17.3. The van der Waals surface area contributed by atoms with Crippen LogP contribution in [0.2, 0.25) is 0 Å². The van der Waals surface area contributed by atoms with E-state index in [2.05, 4.69) is 26.6 Å². The van der Waals surface area contributed by atoms with E-state index >= 15 is 0 Å². The van der Waals surface area contributed by atoms with E-state index in [0.29, 0.717) is 11.1 Å². The monoisotopic (exact) mass is 1310 g/mol. The summed E-state index contributed by atoms with van der Waals surface area (Å²) >= 11 is 0. The zero-order valence-corrected chi connectivity index (χ0v) is 57.2. The van der Waals surface area contributed by atoms with Crippen LogP contribution in [0.25, 0.3) is 11.1 Å². The molecule has 9 atom stereocenters. The fourth-order valence-corrected chi connectivity index (χ4v) is 11.0. The molecule has 6 N–H and O–H groups in total. The summed E-state index contributed by atoms with van der Waals surface area (Å²) in [6, 6.07) is 22.8. The fraction of sp³-hybridized carbons (Fsp3) is 0.486. The van der Waals surface area contributed by atoms with Crippen molar-refractivity contribution in [2.75, 3.05) is 62.0 Å². The molecule has 11 amide bonds. The van der Waals surface area contributed by atoms with Crippen LogP contribution in [-0.2, 0) is 70.3 Å². The van der Waals surface area contributed by atoms with Crippen LogP contribution in [0.3, 0.4) is 0 Å². The first-order valence-corrected chi connectivity index (χ1v) is 31.9. The minimum Gasteiger partial charge on any atom is -0.480 e. The highest BCUT2D eigenvalue weighted by atomic mass is 16.6. The van der Waals surface area contributed by atoms with Crippen molar-refractivity contribution in [3.8, 4) is 11.1 Å². The number of aliphatic carboxylic acids is 1. The van der Waals surface area contributed by atoms with Gasteiger partial charge in [0.2, 0.25) is 59.1 Å². The van der Waals surface area contributed by atoms with Crippen LogP contribution in [0.1, 0.15) is 103 Å². The van der Waals surface area contributed by atoms with Crippen LogP contribution in [0.15, 0.2) is 109 Å². The summed E-state index contributed by atoms with van der Waals surface area (Å²) in [5, 5.41) is 22.3. The summed E-state index contributed by atoms with van der Waals surface area (Å²) in [5.74, 6) is -8.59. The van der Waals surface area contributed by atoms with Crippen LogP contribution < -0.4 is 26.6 Å². The summed E-state index contributed by atoms with van der Waals surface area (Å²) in [7, 11) is 8.32. The van der Waals surface area contributed by atoms with Gasteiger partial charge in [0.25, 0.3) is 0 Å². The number of rotatable bonds is 32. The molecule has 0 saturated carbocycles. The van der Waals surface area contributed by atoms with Crippen LogP contribution in [0, 0.1) is 11.8 Å². The number of nitrogens with zero attached hydrogens (tertiary/aromatic N) is 6. The molecule has 0 bridgehead atoms. The standard InChI is InChI=1S/C70H95N11O14/c1-41(2)34-55(75-64(87)47(9)79(13)70(94)95-40-54-52-32-24-22-30-50(52)51-31-23-25-33-53(51)54)65(88)76(10)39-59(82)72-43(5)61(84)74-56(35-42(3)4)66(89)81(15)58(37-49-28-20-17-21-29-49)68(91)77(11)45(7)62(85)71-38-60(83)80(14)57(36-48-26-18-16-19-27-48)67(90)78(12)46(8)63(86)73-44(6)69(92)93/h16-33,41-47,54-58H,34-40H2,1-15H3,(H,71,85)(H,72,82)(H,73,86)(H,74,84)(H,75,87)(H,92,93)/t43-,44-,45-,46-,47-,55-,56-,57-,58-/m0/s1. The lowest BCUT2D eigenvalue weighted by Gasteiger charge is -2.35. The number of benzene rings is 4. The Morgan fingerprint density at radius 3 is 1.36 bits per heavy atom. The van der Waals surface area contributed by atoms with Gasteiger partial charge in [-0.3, -0.25) is 57.6 Å². The SMILES string of the molecule is CC(C)C[C@H](NC(=O)[C@H](C)N(C)C(=O)OCC1c2ccccc2-c2ccccc21)C(=O)N(C)CC(=O)N[C@@H](C)C(=O)N[C@@H](CC(C)C)C(=O)N(C)[C@@H](Cc1ccccc1)C(=O)N(C)[C@@H](C)C(=O)NCC(=O)N(C)[C@@H](Cc1ccccc1)C(=O)N(C)[C@@H](C)C(=O)N[C@@H](C)C(=O)O. The van der Waals surface area contributed by atoms with Gasteiger partial charge in [-0.1, -0.05) is 137 Å². The normalized spacial score (nSPS) is 14.5. The molecular formula is C70H95N11O14. The van der Waals surface area contributed by atoms with E-state index < -0.39 is 139 Å². The van der Waals surface area contributed by atoms with E-state index in [9.17, 15) is 62.6 Å². The molecule has 5 rings (SSSR count). The predicted octanol–water partition coefficient (Wildman–Crippen LogP) is 3.82. The number of carbonyl (C=O) groups excluding carboxylic acids is 11. The molecule has 0 fully saturated rings. The molecule has 514 valence electrons. The van der Waals surface area contributed by atoms with Gasteiger partial charge in [-0.15, -0.1) is 0 Å². The number of hydrogen-bond acceptors (Lipinski definition) is 13. The van der Waals surface area contributed by atoms with Crippen LogP contribution >= 0.6 is 0 Å². The van der Waals surface area contributed by atoms with Crippen molar-refractivity contribution in [2.24, 2.45) is 11.8 Å². The van der Waals surface area contributed by atoms with Crippen molar-refractivity contribution < 1.29 is 67.4 Å². The molecular weight excluding hydrogens is 1220 g/mol. The Morgan fingerprint density at radius 2 is 0.874 bits per heavy atom. The number of carboxylic acids is 1. The molecule has 0 saturated heterocycles. The largest absolute Gasteiger partial charge is 0.480 e. The van der Waals surface area contributed by atoms with Gasteiger partial charge in [0, 0.05) is 61.0 Å². The van der Waals surface area contributed by atoms with Crippen LogP contribution in [0.5, 0.6) is 0 Å². The van der Waals surface area contributed by atoms with Gasteiger partial charge in [0.15, 0.2) is 0 Å². The number of likely N-dealkylation sites (N-methyl/N-ethyl adjacent to an activating group) is 6.